The smallest absolute Gasteiger partial charge is 0.277 e. The molecule has 2 atom stereocenters. The number of ketones is 1. The molecule has 2 aliphatic rings. The van der Waals surface area contributed by atoms with E-state index in [1.165, 1.54) is 4.31 Å². The summed E-state index contributed by atoms with van der Waals surface area (Å²) in [6, 6.07) is -0.188. The first kappa shape index (κ1) is 13.0. The van der Waals surface area contributed by atoms with Gasteiger partial charge in [0.05, 0.1) is 0 Å². The Bertz CT molecular complexity index is 394. The van der Waals surface area contributed by atoms with Crippen molar-refractivity contribution in [2.24, 2.45) is 11.1 Å². The van der Waals surface area contributed by atoms with Gasteiger partial charge in [0.25, 0.3) is 10.2 Å². The van der Waals surface area contributed by atoms with Gasteiger partial charge in [0.2, 0.25) is 0 Å². The Labute approximate surface area is 103 Å². The number of nitrogens with zero attached hydrogens (tertiary/aromatic N) is 1. The van der Waals surface area contributed by atoms with Crippen LogP contribution in [0.25, 0.3) is 0 Å². The number of hydrogen-bond donors (Lipinski definition) is 1. The summed E-state index contributed by atoms with van der Waals surface area (Å²) in [6.45, 7) is 0.466. The number of carbonyl (C=O) groups is 1. The summed E-state index contributed by atoms with van der Waals surface area (Å²) in [7, 11) is -3.67. The van der Waals surface area contributed by atoms with Crippen LogP contribution in [0, 0.1) is 5.92 Å². The molecule has 17 heavy (non-hydrogen) atoms. The number of rotatable bonds is 2. The summed E-state index contributed by atoms with van der Waals surface area (Å²) >= 11 is 0. The third-order valence-corrected chi connectivity index (χ3v) is 5.00. The lowest BCUT2D eigenvalue weighted by Gasteiger charge is -2.39. The average Bonchev–Trinajstić information content (AvgIpc) is 2.28. The van der Waals surface area contributed by atoms with E-state index < -0.39 is 10.2 Å². The van der Waals surface area contributed by atoms with Gasteiger partial charge in [-0.3, -0.25) is 4.79 Å². The minimum Gasteiger partial charge on any atom is -0.299 e. The predicted molar refractivity (Wildman–Crippen MR) is 64.4 cm³/mol. The van der Waals surface area contributed by atoms with Crippen LogP contribution in [0.1, 0.15) is 44.9 Å². The van der Waals surface area contributed by atoms with E-state index in [2.05, 4.69) is 0 Å². The molecule has 2 rings (SSSR count). The molecule has 1 aliphatic carbocycles. The monoisotopic (exact) mass is 260 g/mol. The van der Waals surface area contributed by atoms with Crippen molar-refractivity contribution in [2.75, 3.05) is 6.54 Å². The van der Waals surface area contributed by atoms with E-state index in [0.717, 1.165) is 38.5 Å². The number of piperidine rings is 1. The molecule has 2 N–H and O–H groups in total. The van der Waals surface area contributed by atoms with Gasteiger partial charge in [0.15, 0.2) is 0 Å². The highest BCUT2D eigenvalue weighted by Gasteiger charge is 2.39. The summed E-state index contributed by atoms with van der Waals surface area (Å²) < 4.78 is 24.4. The van der Waals surface area contributed by atoms with Crippen LogP contribution in [0.5, 0.6) is 0 Å². The van der Waals surface area contributed by atoms with Crippen molar-refractivity contribution in [2.45, 2.75) is 51.0 Å². The van der Waals surface area contributed by atoms with E-state index in [1.54, 1.807) is 0 Å². The fourth-order valence-corrected chi connectivity index (χ4v) is 4.08. The number of nitrogens with two attached hydrogens (primary N) is 1. The molecule has 1 saturated heterocycles. The van der Waals surface area contributed by atoms with Crippen molar-refractivity contribution in [1.29, 1.82) is 0 Å². The zero-order valence-corrected chi connectivity index (χ0v) is 10.8. The maximum atomic E-state index is 11.9. The highest BCUT2D eigenvalue weighted by Crippen LogP contribution is 2.32. The summed E-state index contributed by atoms with van der Waals surface area (Å²) in [5.74, 6) is 0.0965. The van der Waals surface area contributed by atoms with Gasteiger partial charge >= 0.3 is 0 Å². The van der Waals surface area contributed by atoms with Gasteiger partial charge < -0.3 is 0 Å². The topological polar surface area (TPSA) is 80.5 Å². The van der Waals surface area contributed by atoms with E-state index in [0.29, 0.717) is 13.0 Å². The highest BCUT2D eigenvalue weighted by molar-refractivity contribution is 7.86. The molecule has 98 valence electrons. The van der Waals surface area contributed by atoms with Gasteiger partial charge in [-0.1, -0.05) is 12.8 Å². The Morgan fingerprint density at radius 2 is 1.82 bits per heavy atom. The summed E-state index contributed by atoms with van der Waals surface area (Å²) in [6.07, 6.45) is 5.97. The summed E-state index contributed by atoms with van der Waals surface area (Å²) in [4.78, 5) is 11.9. The number of carbonyl (C=O) groups excluding carboxylic acids is 1. The van der Waals surface area contributed by atoms with Crippen molar-refractivity contribution in [3.05, 3.63) is 0 Å². The predicted octanol–water partition coefficient (Wildman–Crippen LogP) is 0.804. The maximum Gasteiger partial charge on any atom is 0.277 e. The zero-order valence-electron chi connectivity index (χ0n) is 9.97. The Morgan fingerprint density at radius 3 is 2.47 bits per heavy atom. The zero-order chi connectivity index (χ0) is 12.5. The van der Waals surface area contributed by atoms with E-state index in [1.807, 2.05) is 0 Å². The van der Waals surface area contributed by atoms with Crippen LogP contribution in [0.15, 0.2) is 0 Å². The largest absolute Gasteiger partial charge is 0.299 e. The minimum atomic E-state index is -3.67. The normalized spacial score (nSPS) is 32.6. The fraction of sp³-hybridized carbons (Fsp3) is 0.909. The van der Waals surface area contributed by atoms with Gasteiger partial charge in [-0.15, -0.1) is 0 Å². The van der Waals surface area contributed by atoms with Gasteiger partial charge in [0, 0.05) is 24.9 Å². The molecule has 1 heterocycles. The van der Waals surface area contributed by atoms with Crippen LogP contribution in [0.2, 0.25) is 0 Å². The number of hydrogen-bond acceptors (Lipinski definition) is 3. The van der Waals surface area contributed by atoms with Gasteiger partial charge in [-0.2, -0.15) is 12.7 Å². The lowest BCUT2D eigenvalue weighted by atomic mass is 9.80. The molecule has 0 aromatic rings. The van der Waals surface area contributed by atoms with Crippen LogP contribution < -0.4 is 5.14 Å². The van der Waals surface area contributed by atoms with Gasteiger partial charge in [-0.05, 0) is 25.7 Å². The standard InChI is InChI=1S/C11H20N2O3S/c12-17(15,16)13-8-4-3-6-10(13)9-5-1-2-7-11(9)14/h9-10H,1-8H2,(H2,12,15,16). The summed E-state index contributed by atoms with van der Waals surface area (Å²) in [5.41, 5.74) is 0. The minimum absolute atomic E-state index is 0.123. The van der Waals surface area contributed by atoms with Crippen LogP contribution in [0.3, 0.4) is 0 Å². The Morgan fingerprint density at radius 1 is 1.12 bits per heavy atom. The van der Waals surface area contributed by atoms with Crippen LogP contribution >= 0.6 is 0 Å². The van der Waals surface area contributed by atoms with Crippen molar-refractivity contribution in [3.8, 4) is 0 Å². The molecule has 0 aromatic carbocycles. The molecule has 2 fully saturated rings. The van der Waals surface area contributed by atoms with Crippen molar-refractivity contribution < 1.29 is 13.2 Å². The molecule has 0 spiro atoms. The number of Topliss-reactive ketones (excluding diaryl/α,β-unsaturated/α-hetero) is 1. The molecule has 0 bridgehead atoms. The third-order valence-electron chi connectivity index (χ3n) is 3.89. The molecular formula is C11H20N2O3S. The van der Waals surface area contributed by atoms with Crippen molar-refractivity contribution >= 4 is 16.0 Å². The van der Waals surface area contributed by atoms with Crippen LogP contribution in [-0.2, 0) is 15.0 Å². The van der Waals surface area contributed by atoms with E-state index in [4.69, 9.17) is 5.14 Å². The van der Waals surface area contributed by atoms with Crippen LogP contribution in [-0.4, -0.2) is 31.1 Å². The summed E-state index contributed by atoms with van der Waals surface area (Å²) in [5, 5.41) is 5.24. The molecule has 2 unspecified atom stereocenters. The van der Waals surface area contributed by atoms with E-state index in [9.17, 15) is 13.2 Å². The molecule has 1 saturated carbocycles. The molecular weight excluding hydrogens is 240 g/mol. The lowest BCUT2D eigenvalue weighted by molar-refractivity contribution is -0.126. The lowest BCUT2D eigenvalue weighted by Crippen LogP contribution is -2.52. The molecule has 0 radical (unpaired) electrons. The first-order chi connectivity index (χ1) is 8.00. The van der Waals surface area contributed by atoms with E-state index >= 15 is 0 Å². The molecule has 0 amide bonds. The Hall–Kier alpha value is -0.460. The van der Waals surface area contributed by atoms with Gasteiger partial charge in [0.1, 0.15) is 5.78 Å². The van der Waals surface area contributed by atoms with Crippen LogP contribution in [0.4, 0.5) is 0 Å². The fourth-order valence-electron chi connectivity index (χ4n) is 3.07. The third kappa shape index (κ3) is 2.86. The second kappa shape index (κ2) is 5.04. The second-order valence-corrected chi connectivity index (χ2v) is 6.54. The molecule has 6 heteroatoms. The van der Waals surface area contributed by atoms with Gasteiger partial charge in [-0.25, -0.2) is 5.14 Å². The molecule has 0 aromatic heterocycles. The highest BCUT2D eigenvalue weighted by atomic mass is 32.2. The van der Waals surface area contributed by atoms with Crippen molar-refractivity contribution in [3.63, 3.8) is 0 Å². The first-order valence-electron chi connectivity index (χ1n) is 6.32. The Balaban J connectivity index is 2.18. The second-order valence-electron chi connectivity index (χ2n) is 5.04. The first-order valence-corrected chi connectivity index (χ1v) is 7.83. The Kier molecular flexibility index (Phi) is 3.85. The molecule has 1 aliphatic heterocycles. The SMILES string of the molecule is NS(=O)(=O)N1CCCCC1C1CCCCC1=O. The maximum absolute atomic E-state index is 11.9. The van der Waals surface area contributed by atoms with Crippen molar-refractivity contribution in [1.82, 2.24) is 4.31 Å². The molecule has 5 nitrogen and oxygen atoms in total. The average molecular weight is 260 g/mol. The quantitative estimate of drug-likeness (QED) is 0.797. The van der Waals surface area contributed by atoms with E-state index in [-0.39, 0.29) is 17.7 Å².